The van der Waals surface area contributed by atoms with Crippen LogP contribution in [-0.2, 0) is 14.3 Å². The van der Waals surface area contributed by atoms with Crippen molar-refractivity contribution in [2.45, 2.75) is 25.0 Å². The molecule has 11 heteroatoms. The monoisotopic (exact) mass is 586 g/mol. The lowest BCUT2D eigenvalue weighted by Crippen LogP contribution is -2.61. The van der Waals surface area contributed by atoms with Crippen molar-refractivity contribution in [1.82, 2.24) is 9.97 Å². The van der Waals surface area contributed by atoms with E-state index in [1.54, 1.807) is 19.4 Å². The van der Waals surface area contributed by atoms with E-state index >= 15 is 0 Å². The highest BCUT2D eigenvalue weighted by atomic mass is 35.5. The van der Waals surface area contributed by atoms with Crippen LogP contribution in [0, 0.1) is 5.92 Å². The summed E-state index contributed by atoms with van der Waals surface area (Å²) in [6, 6.07) is 5.48. The molecule has 0 bridgehead atoms. The standard InChI is InChI=1S/C29H32Cl2N4O5/c1-6-18(36)7-17-12-40-13-21(17)33-24-9-19-16(11-32-24)8-20(34-28(19)35-14-29(2,15-35)39-5)25-26(30)22(37-3)10-23(38-4)27(25)31/h6,8-11,17,21H,1,7,12-15H2,2-5H3,(H,32,33)/t17-,21+/m0/s1. The van der Waals surface area contributed by atoms with Crippen LogP contribution in [0.3, 0.4) is 0 Å². The van der Waals surface area contributed by atoms with Gasteiger partial charge in [-0.3, -0.25) is 4.79 Å². The second kappa shape index (κ2) is 11.4. The fourth-order valence-corrected chi connectivity index (χ4v) is 5.91. The Labute approximate surface area is 243 Å². The molecule has 2 aliphatic rings. The molecule has 4 heterocycles. The van der Waals surface area contributed by atoms with Crippen LogP contribution in [0.2, 0.25) is 10.0 Å². The molecule has 1 aromatic carbocycles. The predicted octanol–water partition coefficient (Wildman–Crippen LogP) is 5.42. The van der Waals surface area contributed by atoms with E-state index in [1.165, 1.54) is 20.3 Å². The van der Waals surface area contributed by atoms with Gasteiger partial charge in [0.25, 0.3) is 0 Å². The zero-order valence-corrected chi connectivity index (χ0v) is 24.4. The molecule has 2 saturated heterocycles. The molecule has 2 atom stereocenters. The van der Waals surface area contributed by atoms with Gasteiger partial charge in [0.15, 0.2) is 5.78 Å². The summed E-state index contributed by atoms with van der Waals surface area (Å²) in [5.74, 6) is 2.31. The summed E-state index contributed by atoms with van der Waals surface area (Å²) in [7, 11) is 4.79. The molecule has 3 aromatic rings. The first-order valence-corrected chi connectivity index (χ1v) is 13.7. The second-order valence-electron chi connectivity index (χ2n) is 10.3. The fraction of sp³-hybridized carbons (Fsp3) is 0.414. The minimum atomic E-state index is -0.279. The molecule has 212 valence electrons. The Morgan fingerprint density at radius 3 is 2.50 bits per heavy atom. The van der Waals surface area contributed by atoms with Crippen molar-refractivity contribution in [3.8, 4) is 22.8 Å². The zero-order valence-electron chi connectivity index (χ0n) is 22.9. The van der Waals surface area contributed by atoms with E-state index in [0.29, 0.717) is 71.3 Å². The number of carbonyl (C=O) groups excluding carboxylic acids is 1. The van der Waals surface area contributed by atoms with Crippen molar-refractivity contribution >= 4 is 51.4 Å². The first-order valence-electron chi connectivity index (χ1n) is 12.9. The van der Waals surface area contributed by atoms with E-state index in [4.69, 9.17) is 47.1 Å². The maximum atomic E-state index is 12.0. The van der Waals surface area contributed by atoms with Crippen LogP contribution in [0.15, 0.2) is 37.1 Å². The predicted molar refractivity (Wildman–Crippen MR) is 157 cm³/mol. The number of allylic oxidation sites excluding steroid dienone is 1. The summed E-state index contributed by atoms with van der Waals surface area (Å²) < 4.78 is 22.3. The van der Waals surface area contributed by atoms with Gasteiger partial charge in [-0.15, -0.1) is 0 Å². The molecule has 1 N–H and O–H groups in total. The number of fused-ring (bicyclic) bond motifs is 1. The van der Waals surface area contributed by atoms with Crippen molar-refractivity contribution in [1.29, 1.82) is 0 Å². The van der Waals surface area contributed by atoms with Gasteiger partial charge in [-0.05, 0) is 25.1 Å². The van der Waals surface area contributed by atoms with E-state index in [0.717, 1.165) is 16.6 Å². The second-order valence-corrected chi connectivity index (χ2v) is 11.1. The van der Waals surface area contributed by atoms with Gasteiger partial charge >= 0.3 is 0 Å². The number of ketones is 1. The number of methoxy groups -OCH3 is 3. The first-order chi connectivity index (χ1) is 19.2. The molecule has 0 radical (unpaired) electrons. The molecule has 5 rings (SSSR count). The highest BCUT2D eigenvalue weighted by molar-refractivity contribution is 6.41. The Morgan fingerprint density at radius 2 is 1.88 bits per heavy atom. The van der Waals surface area contributed by atoms with Crippen LogP contribution >= 0.6 is 23.2 Å². The number of nitrogens with zero attached hydrogens (tertiary/aromatic N) is 3. The van der Waals surface area contributed by atoms with Crippen LogP contribution in [-0.4, -0.2) is 75.0 Å². The Hall–Kier alpha value is -3.11. The third-order valence-electron chi connectivity index (χ3n) is 7.59. The average Bonchev–Trinajstić information content (AvgIpc) is 3.37. The van der Waals surface area contributed by atoms with Crippen molar-refractivity contribution in [3.63, 3.8) is 0 Å². The number of hydrogen-bond donors (Lipinski definition) is 1. The molecule has 9 nitrogen and oxygen atoms in total. The average molecular weight is 588 g/mol. The third-order valence-corrected chi connectivity index (χ3v) is 8.34. The van der Waals surface area contributed by atoms with Crippen molar-refractivity contribution in [2.24, 2.45) is 5.92 Å². The topological polar surface area (TPSA) is 95.0 Å². The molecule has 2 aromatic heterocycles. The molecule has 2 fully saturated rings. The highest BCUT2D eigenvalue weighted by Gasteiger charge is 2.40. The summed E-state index contributed by atoms with van der Waals surface area (Å²) in [6.07, 6.45) is 3.52. The fourth-order valence-electron chi connectivity index (χ4n) is 5.22. The quantitative estimate of drug-likeness (QED) is 0.312. The molecule has 0 saturated carbocycles. The van der Waals surface area contributed by atoms with Gasteiger partial charge in [-0.25, -0.2) is 9.97 Å². The zero-order chi connectivity index (χ0) is 28.6. The lowest BCUT2D eigenvalue weighted by molar-refractivity contribution is -0.115. The summed E-state index contributed by atoms with van der Waals surface area (Å²) in [5, 5.41) is 5.90. The molecular weight excluding hydrogens is 555 g/mol. The number of halogens is 2. The van der Waals surface area contributed by atoms with Gasteiger partial charge in [-0.2, -0.15) is 0 Å². The minimum Gasteiger partial charge on any atom is -0.495 e. The Balaban J connectivity index is 1.58. The molecule has 0 unspecified atom stereocenters. The van der Waals surface area contributed by atoms with Crippen LogP contribution in [0.4, 0.5) is 11.6 Å². The Bertz CT molecular complexity index is 1430. The molecule has 40 heavy (non-hydrogen) atoms. The van der Waals surface area contributed by atoms with Gasteiger partial charge in [0.1, 0.15) is 23.1 Å². The third kappa shape index (κ3) is 5.31. The number of hydrogen-bond acceptors (Lipinski definition) is 9. The lowest BCUT2D eigenvalue weighted by Gasteiger charge is -2.47. The number of carbonyl (C=O) groups is 1. The van der Waals surface area contributed by atoms with Gasteiger partial charge < -0.3 is 29.2 Å². The normalized spacial score (nSPS) is 19.8. The maximum Gasteiger partial charge on any atom is 0.155 e. The van der Waals surface area contributed by atoms with E-state index < -0.39 is 0 Å². The molecule has 0 spiro atoms. The highest BCUT2D eigenvalue weighted by Crippen LogP contribution is 2.47. The van der Waals surface area contributed by atoms with Crippen LogP contribution in [0.25, 0.3) is 22.0 Å². The summed E-state index contributed by atoms with van der Waals surface area (Å²) in [5.41, 5.74) is 0.798. The Morgan fingerprint density at radius 1 is 1.18 bits per heavy atom. The minimum absolute atomic E-state index is 0.00161. The number of benzene rings is 1. The number of pyridine rings is 2. The summed E-state index contributed by atoms with van der Waals surface area (Å²) in [6.45, 7) is 7.97. The molecule has 0 amide bonds. The maximum absolute atomic E-state index is 12.0. The summed E-state index contributed by atoms with van der Waals surface area (Å²) in [4.78, 5) is 23.9. The van der Waals surface area contributed by atoms with Crippen molar-refractivity contribution < 1.29 is 23.7 Å². The van der Waals surface area contributed by atoms with Crippen LogP contribution in [0.1, 0.15) is 13.3 Å². The molecule has 0 aliphatic carbocycles. The number of anilines is 2. The smallest absolute Gasteiger partial charge is 0.155 e. The van der Waals surface area contributed by atoms with Gasteiger partial charge in [-0.1, -0.05) is 29.8 Å². The van der Waals surface area contributed by atoms with E-state index in [1.807, 2.05) is 12.1 Å². The number of rotatable bonds is 10. The SMILES string of the molecule is C=CC(=O)C[C@H]1COC[C@H]1Nc1cc2c(N3CC(C)(OC)C3)nc(-c3c(Cl)c(OC)cc(OC)c3Cl)cc2cn1. The lowest BCUT2D eigenvalue weighted by atomic mass is 9.95. The number of ether oxygens (including phenoxy) is 4. The van der Waals surface area contributed by atoms with E-state index in [2.05, 4.69) is 28.7 Å². The van der Waals surface area contributed by atoms with E-state index in [9.17, 15) is 4.79 Å². The Kier molecular flexibility index (Phi) is 8.10. The number of aromatic nitrogens is 2. The van der Waals surface area contributed by atoms with Crippen LogP contribution < -0.4 is 19.7 Å². The molecular formula is C29H32Cl2N4O5. The summed E-state index contributed by atoms with van der Waals surface area (Å²) >= 11 is 13.5. The van der Waals surface area contributed by atoms with E-state index in [-0.39, 0.29) is 23.3 Å². The number of nitrogens with one attached hydrogen (secondary N) is 1. The van der Waals surface area contributed by atoms with Gasteiger partial charge in [0, 0.05) is 61.1 Å². The first kappa shape index (κ1) is 28.4. The molecule has 2 aliphatic heterocycles. The van der Waals surface area contributed by atoms with Crippen LogP contribution in [0.5, 0.6) is 11.5 Å². The van der Waals surface area contributed by atoms with Crippen molar-refractivity contribution in [2.75, 3.05) is 57.8 Å². The largest absolute Gasteiger partial charge is 0.495 e. The van der Waals surface area contributed by atoms with Crippen molar-refractivity contribution in [3.05, 3.63) is 47.1 Å². The van der Waals surface area contributed by atoms with Gasteiger partial charge in [0.05, 0.1) is 54.8 Å². The van der Waals surface area contributed by atoms with Gasteiger partial charge in [0.2, 0.25) is 0 Å².